The van der Waals surface area contributed by atoms with Crippen molar-refractivity contribution in [3.05, 3.63) is 103 Å². The molecule has 0 aliphatic heterocycles. The minimum Gasteiger partial charge on any atom is -0.231 e. The van der Waals surface area contributed by atoms with Crippen LogP contribution in [-0.4, -0.2) is 0 Å². The Morgan fingerprint density at radius 2 is 1.45 bits per heavy atom. The third kappa shape index (κ3) is 4.65. The van der Waals surface area contributed by atoms with Gasteiger partial charge in [0.15, 0.2) is 0 Å². The van der Waals surface area contributed by atoms with Gasteiger partial charge in [-0.3, -0.25) is 0 Å². The van der Waals surface area contributed by atoms with E-state index in [1.165, 1.54) is 11.3 Å². The fraction of sp³-hybridized carbons (Fsp3) is 0.0417. The van der Waals surface area contributed by atoms with Gasteiger partial charge < -0.3 is 0 Å². The zero-order chi connectivity index (χ0) is 19.9. The van der Waals surface area contributed by atoms with Crippen molar-refractivity contribution in [3.63, 3.8) is 0 Å². The van der Waals surface area contributed by atoms with Gasteiger partial charge in [-0.15, -0.1) is 0 Å². The molecule has 0 amide bonds. The Hall–Kier alpha value is -3.57. The Kier molecular flexibility index (Phi) is 5.88. The molecule has 0 saturated carbocycles. The van der Waals surface area contributed by atoms with E-state index < -0.39 is 0 Å². The van der Waals surface area contributed by atoms with E-state index in [9.17, 15) is 0 Å². The lowest BCUT2D eigenvalue weighted by Crippen LogP contribution is -2.35. The van der Waals surface area contributed by atoms with Crippen LogP contribution >= 0.6 is 11.3 Å². The Balaban J connectivity index is 1.53. The average Bonchev–Trinajstić information content (AvgIpc) is 3.17. The lowest BCUT2D eigenvalue weighted by molar-refractivity contribution is -0.657. The van der Waals surface area contributed by atoms with Gasteiger partial charge in [-0.25, -0.2) is 9.88 Å². The molecule has 0 atom stereocenters. The molecular formula is C24H21N4S+. The van der Waals surface area contributed by atoms with Crippen molar-refractivity contribution in [1.82, 2.24) is 0 Å². The molecule has 29 heavy (non-hydrogen) atoms. The van der Waals surface area contributed by atoms with Crippen molar-refractivity contribution in [2.75, 3.05) is 5.32 Å². The topological polar surface area (TPSA) is 40.6 Å². The second-order valence-corrected chi connectivity index (χ2v) is 7.26. The first kappa shape index (κ1) is 18.8. The molecule has 5 heteroatoms. The van der Waals surface area contributed by atoms with Crippen LogP contribution in [0.15, 0.2) is 113 Å². The van der Waals surface area contributed by atoms with Crippen LogP contribution in [0.2, 0.25) is 0 Å². The summed E-state index contributed by atoms with van der Waals surface area (Å²) in [5, 5.41) is 15.3. The zero-order valence-corrected chi connectivity index (χ0v) is 16.7. The zero-order valence-electron chi connectivity index (χ0n) is 15.9. The highest BCUT2D eigenvalue weighted by atomic mass is 32.1. The van der Waals surface area contributed by atoms with Crippen LogP contribution in [0.1, 0.15) is 0 Å². The maximum absolute atomic E-state index is 4.30. The summed E-state index contributed by atoms with van der Waals surface area (Å²) in [6.45, 7) is 4.64. The van der Waals surface area contributed by atoms with Crippen molar-refractivity contribution in [2.45, 2.75) is 6.54 Å². The van der Waals surface area contributed by atoms with Crippen LogP contribution in [0.25, 0.3) is 11.3 Å². The fourth-order valence-electron chi connectivity index (χ4n) is 2.93. The largest absolute Gasteiger partial charge is 0.339 e. The van der Waals surface area contributed by atoms with Crippen LogP contribution in [-0.2, 0) is 6.54 Å². The summed E-state index contributed by atoms with van der Waals surface area (Å²) in [4.78, 5) is 0. The first-order valence-corrected chi connectivity index (χ1v) is 10.2. The van der Waals surface area contributed by atoms with Gasteiger partial charge in [0.05, 0.1) is 11.4 Å². The van der Waals surface area contributed by atoms with Gasteiger partial charge >= 0.3 is 5.13 Å². The minimum atomic E-state index is 0.736. The van der Waals surface area contributed by atoms with Gasteiger partial charge in [0, 0.05) is 10.9 Å². The molecule has 4 nitrogen and oxygen atoms in total. The summed E-state index contributed by atoms with van der Waals surface area (Å²) < 4.78 is 2.23. The number of hydrogen-bond acceptors (Lipinski definition) is 4. The summed E-state index contributed by atoms with van der Waals surface area (Å²) in [6, 6.07) is 28.1. The molecule has 0 bridgehead atoms. The average molecular weight is 398 g/mol. The van der Waals surface area contributed by atoms with E-state index in [-0.39, 0.29) is 0 Å². The van der Waals surface area contributed by atoms with Gasteiger partial charge in [0.25, 0.3) is 0 Å². The maximum atomic E-state index is 4.30. The number of azo groups is 1. The minimum absolute atomic E-state index is 0.736. The summed E-state index contributed by atoms with van der Waals surface area (Å²) >= 11 is 1.68. The molecule has 0 aliphatic rings. The molecule has 1 aromatic heterocycles. The predicted molar refractivity (Wildman–Crippen MR) is 120 cm³/mol. The number of hydrogen-bond donors (Lipinski definition) is 1. The molecule has 0 spiro atoms. The van der Waals surface area contributed by atoms with E-state index in [2.05, 4.69) is 56.3 Å². The molecule has 142 valence electrons. The number of rotatable bonds is 7. The molecular weight excluding hydrogens is 376 g/mol. The molecule has 0 saturated heterocycles. The van der Waals surface area contributed by atoms with Crippen LogP contribution in [0.4, 0.5) is 22.2 Å². The summed E-state index contributed by atoms with van der Waals surface area (Å²) in [6.07, 6.45) is 1.91. The second kappa shape index (κ2) is 9.08. The molecule has 1 N–H and O–H groups in total. The molecule has 4 aromatic rings. The third-order valence-corrected chi connectivity index (χ3v) is 5.24. The normalized spacial score (nSPS) is 10.9. The number of nitrogens with one attached hydrogen (secondary N) is 1. The monoisotopic (exact) mass is 397 g/mol. The molecule has 0 radical (unpaired) electrons. The van der Waals surface area contributed by atoms with Crippen molar-refractivity contribution in [3.8, 4) is 11.3 Å². The van der Waals surface area contributed by atoms with Crippen LogP contribution in [0, 0.1) is 0 Å². The highest BCUT2D eigenvalue weighted by Gasteiger charge is 2.18. The number of thiazole rings is 1. The van der Waals surface area contributed by atoms with Gasteiger partial charge in [-0.1, -0.05) is 72.5 Å². The number of anilines is 2. The van der Waals surface area contributed by atoms with Crippen molar-refractivity contribution < 1.29 is 4.57 Å². The van der Waals surface area contributed by atoms with E-state index in [1.807, 2.05) is 66.7 Å². The molecule has 1 heterocycles. The second-order valence-electron chi connectivity index (χ2n) is 6.40. The Bertz CT molecular complexity index is 1100. The number of allylic oxidation sites excluding steroid dienone is 1. The first-order valence-electron chi connectivity index (χ1n) is 9.35. The maximum Gasteiger partial charge on any atom is 0.339 e. The lowest BCUT2D eigenvalue weighted by Gasteiger charge is -2.04. The van der Waals surface area contributed by atoms with E-state index in [1.54, 1.807) is 11.3 Å². The van der Waals surface area contributed by atoms with Gasteiger partial charge in [-0.2, -0.15) is 10.2 Å². The van der Waals surface area contributed by atoms with Crippen LogP contribution in [0.5, 0.6) is 0 Å². The Morgan fingerprint density at radius 3 is 2.10 bits per heavy atom. The van der Waals surface area contributed by atoms with Crippen LogP contribution in [0.3, 0.4) is 0 Å². The Labute approximate surface area is 174 Å². The van der Waals surface area contributed by atoms with Gasteiger partial charge in [0.2, 0.25) is 0 Å². The number of benzene rings is 3. The summed E-state index contributed by atoms with van der Waals surface area (Å²) in [7, 11) is 0. The first-order chi connectivity index (χ1) is 14.3. The molecule has 0 aliphatic carbocycles. The quantitative estimate of drug-likeness (QED) is 0.203. The predicted octanol–water partition coefficient (Wildman–Crippen LogP) is 7.05. The van der Waals surface area contributed by atoms with Crippen molar-refractivity contribution >= 4 is 33.5 Å². The smallest absolute Gasteiger partial charge is 0.231 e. The fourth-order valence-corrected chi connectivity index (χ4v) is 3.90. The molecule has 3 aromatic carbocycles. The van der Waals surface area contributed by atoms with E-state index >= 15 is 0 Å². The number of aromatic nitrogens is 1. The summed E-state index contributed by atoms with van der Waals surface area (Å²) in [5.41, 5.74) is 5.02. The van der Waals surface area contributed by atoms with Crippen LogP contribution < -0.4 is 9.88 Å². The Morgan fingerprint density at radius 1 is 0.828 bits per heavy atom. The lowest BCUT2D eigenvalue weighted by atomic mass is 10.2. The molecule has 4 rings (SSSR count). The highest BCUT2D eigenvalue weighted by Crippen LogP contribution is 2.27. The van der Waals surface area contributed by atoms with E-state index in [0.29, 0.717) is 0 Å². The highest BCUT2D eigenvalue weighted by molar-refractivity contribution is 7.13. The SMILES string of the molecule is C=CC[n+]1c(-c2ccccc2)csc1Nc1ccc(N=Nc2ccccc2)cc1. The van der Waals surface area contributed by atoms with Gasteiger partial charge in [0.1, 0.15) is 17.9 Å². The number of nitrogens with zero attached hydrogens (tertiary/aromatic N) is 3. The van der Waals surface area contributed by atoms with Crippen molar-refractivity contribution in [2.24, 2.45) is 10.2 Å². The standard InChI is InChI=1S/C24H20N4S/c1-2-17-28-23(19-9-5-3-6-10-19)18-29-24(28)25-20-13-15-22(16-14-20)27-26-21-11-7-4-8-12-21/h2-16,18H,1,17H2/p+1. The molecule has 0 unspecified atom stereocenters. The molecule has 0 fully saturated rings. The third-order valence-electron chi connectivity index (χ3n) is 4.36. The summed E-state index contributed by atoms with van der Waals surface area (Å²) in [5.74, 6) is 0. The van der Waals surface area contributed by atoms with Gasteiger partial charge in [-0.05, 0) is 36.4 Å². The van der Waals surface area contributed by atoms with E-state index in [0.717, 1.165) is 28.7 Å². The van der Waals surface area contributed by atoms with E-state index in [4.69, 9.17) is 0 Å². The van der Waals surface area contributed by atoms with Crippen molar-refractivity contribution in [1.29, 1.82) is 0 Å².